The van der Waals surface area contributed by atoms with E-state index in [0.29, 0.717) is 12.3 Å². The van der Waals surface area contributed by atoms with Crippen LogP contribution < -0.4 is 5.32 Å². The van der Waals surface area contributed by atoms with Gasteiger partial charge in [0.2, 0.25) is 5.91 Å². The number of hydrogen-bond donors (Lipinski definition) is 2. The van der Waals surface area contributed by atoms with E-state index >= 15 is 0 Å². The summed E-state index contributed by atoms with van der Waals surface area (Å²) < 4.78 is 0. The van der Waals surface area contributed by atoms with Gasteiger partial charge in [0.25, 0.3) is 0 Å². The van der Waals surface area contributed by atoms with Crippen LogP contribution in [0.3, 0.4) is 0 Å². The van der Waals surface area contributed by atoms with Crippen molar-refractivity contribution in [3.63, 3.8) is 0 Å². The number of nitrogens with one attached hydrogen (secondary N) is 1. The second-order valence-electron chi connectivity index (χ2n) is 6.15. The number of carbonyl (C=O) groups is 1. The molecule has 1 aliphatic carbocycles. The SMILES string of the molecule is O=C(CSc1ccc2c(c1)CCC2)NCCc1ccc(CO)cc1. The van der Waals surface area contributed by atoms with Gasteiger partial charge in [-0.3, -0.25) is 4.79 Å². The molecule has 1 amide bonds. The highest BCUT2D eigenvalue weighted by Gasteiger charge is 2.11. The van der Waals surface area contributed by atoms with Crippen LogP contribution in [0.25, 0.3) is 0 Å². The van der Waals surface area contributed by atoms with Crippen LogP contribution in [-0.4, -0.2) is 23.3 Å². The number of benzene rings is 2. The maximum atomic E-state index is 12.0. The zero-order valence-corrected chi connectivity index (χ0v) is 14.6. The van der Waals surface area contributed by atoms with Crippen molar-refractivity contribution in [2.75, 3.05) is 12.3 Å². The summed E-state index contributed by atoms with van der Waals surface area (Å²) in [7, 11) is 0. The number of carbonyl (C=O) groups excluding carboxylic acids is 1. The molecule has 126 valence electrons. The highest BCUT2D eigenvalue weighted by Crippen LogP contribution is 2.27. The molecule has 2 N–H and O–H groups in total. The van der Waals surface area contributed by atoms with Crippen LogP contribution in [0.15, 0.2) is 47.4 Å². The molecule has 0 aliphatic heterocycles. The fourth-order valence-corrected chi connectivity index (χ4v) is 3.79. The average Bonchev–Trinajstić information content (AvgIpc) is 3.08. The largest absolute Gasteiger partial charge is 0.392 e. The standard InChI is InChI=1S/C20H23NO2S/c22-13-16-6-4-15(5-7-16)10-11-21-20(23)14-24-19-9-8-17-2-1-3-18(17)12-19/h4-9,12,22H,1-3,10-11,13-14H2,(H,21,23). The maximum absolute atomic E-state index is 12.0. The number of amides is 1. The molecule has 0 aromatic heterocycles. The molecule has 1 aliphatic rings. The van der Waals surface area contributed by atoms with E-state index in [-0.39, 0.29) is 12.5 Å². The van der Waals surface area contributed by atoms with E-state index in [0.717, 1.165) is 12.0 Å². The van der Waals surface area contributed by atoms with Crippen LogP contribution in [0.1, 0.15) is 28.7 Å². The molecule has 3 nitrogen and oxygen atoms in total. The molecule has 0 fully saturated rings. The first-order valence-electron chi connectivity index (χ1n) is 8.44. The monoisotopic (exact) mass is 341 g/mol. The van der Waals surface area contributed by atoms with Gasteiger partial charge in [0.1, 0.15) is 0 Å². The van der Waals surface area contributed by atoms with Gasteiger partial charge >= 0.3 is 0 Å². The summed E-state index contributed by atoms with van der Waals surface area (Å²) >= 11 is 1.61. The Morgan fingerprint density at radius 1 is 1.04 bits per heavy atom. The summed E-state index contributed by atoms with van der Waals surface area (Å²) in [6.07, 6.45) is 4.43. The van der Waals surface area contributed by atoms with Crippen LogP contribution in [0.2, 0.25) is 0 Å². The van der Waals surface area contributed by atoms with Crippen molar-refractivity contribution in [1.29, 1.82) is 0 Å². The van der Waals surface area contributed by atoms with Crippen molar-refractivity contribution in [2.24, 2.45) is 0 Å². The van der Waals surface area contributed by atoms with E-state index in [1.807, 2.05) is 24.3 Å². The normalized spacial score (nSPS) is 12.9. The Morgan fingerprint density at radius 2 is 1.79 bits per heavy atom. The second-order valence-corrected chi connectivity index (χ2v) is 7.20. The maximum Gasteiger partial charge on any atom is 0.230 e. The number of aliphatic hydroxyl groups excluding tert-OH is 1. The molecule has 3 rings (SSSR count). The predicted molar refractivity (Wildman–Crippen MR) is 98.3 cm³/mol. The van der Waals surface area contributed by atoms with Gasteiger partial charge in [-0.1, -0.05) is 30.3 Å². The fourth-order valence-electron chi connectivity index (χ4n) is 3.00. The average molecular weight is 341 g/mol. The Morgan fingerprint density at radius 3 is 2.58 bits per heavy atom. The molecule has 0 unspecified atom stereocenters. The Kier molecular flexibility index (Phi) is 5.94. The van der Waals surface area contributed by atoms with Gasteiger partial charge in [-0.25, -0.2) is 0 Å². The van der Waals surface area contributed by atoms with Gasteiger partial charge in [0.15, 0.2) is 0 Å². The van der Waals surface area contributed by atoms with Crippen LogP contribution in [-0.2, 0) is 30.7 Å². The quantitative estimate of drug-likeness (QED) is 0.761. The van der Waals surface area contributed by atoms with E-state index in [1.165, 1.54) is 40.8 Å². The van der Waals surface area contributed by atoms with Crippen molar-refractivity contribution in [1.82, 2.24) is 5.32 Å². The van der Waals surface area contributed by atoms with E-state index in [1.54, 1.807) is 11.8 Å². The lowest BCUT2D eigenvalue weighted by Crippen LogP contribution is -2.27. The number of hydrogen-bond acceptors (Lipinski definition) is 3. The minimum Gasteiger partial charge on any atom is -0.392 e. The Bertz CT molecular complexity index is 697. The first-order chi connectivity index (χ1) is 11.7. The predicted octanol–water partition coefficient (Wildman–Crippen LogP) is 3.12. The molecule has 0 saturated heterocycles. The second kappa shape index (κ2) is 8.36. The van der Waals surface area contributed by atoms with Crippen LogP contribution in [0.5, 0.6) is 0 Å². The first-order valence-corrected chi connectivity index (χ1v) is 9.43. The first kappa shape index (κ1) is 17.1. The lowest BCUT2D eigenvalue weighted by atomic mass is 10.1. The van der Waals surface area contributed by atoms with Crippen LogP contribution in [0, 0.1) is 0 Å². The smallest absolute Gasteiger partial charge is 0.230 e. The number of rotatable bonds is 7. The lowest BCUT2D eigenvalue weighted by Gasteiger charge is -2.07. The van der Waals surface area contributed by atoms with Gasteiger partial charge in [-0.2, -0.15) is 0 Å². The van der Waals surface area contributed by atoms with E-state index in [9.17, 15) is 4.79 Å². The summed E-state index contributed by atoms with van der Waals surface area (Å²) in [5.41, 5.74) is 5.00. The van der Waals surface area contributed by atoms with E-state index < -0.39 is 0 Å². The van der Waals surface area contributed by atoms with Gasteiger partial charge in [0, 0.05) is 11.4 Å². The van der Waals surface area contributed by atoms with Crippen molar-refractivity contribution in [3.05, 3.63) is 64.7 Å². The Balaban J connectivity index is 1.39. The summed E-state index contributed by atoms with van der Waals surface area (Å²) in [6.45, 7) is 0.707. The Labute approximate surface area is 147 Å². The topological polar surface area (TPSA) is 49.3 Å². The molecule has 0 radical (unpaired) electrons. The lowest BCUT2D eigenvalue weighted by molar-refractivity contribution is -0.118. The fraction of sp³-hybridized carbons (Fsp3) is 0.350. The summed E-state index contributed by atoms with van der Waals surface area (Å²) in [4.78, 5) is 13.2. The highest BCUT2D eigenvalue weighted by molar-refractivity contribution is 8.00. The summed E-state index contributed by atoms with van der Waals surface area (Å²) in [5, 5.41) is 12.0. The summed E-state index contributed by atoms with van der Waals surface area (Å²) in [6, 6.07) is 14.4. The van der Waals surface area contributed by atoms with Gasteiger partial charge in [0.05, 0.1) is 12.4 Å². The molecule has 0 bridgehead atoms. The zero-order valence-electron chi connectivity index (χ0n) is 13.8. The number of fused-ring (bicyclic) bond motifs is 1. The molecule has 2 aromatic carbocycles. The third kappa shape index (κ3) is 4.62. The van der Waals surface area contributed by atoms with Crippen molar-refractivity contribution >= 4 is 17.7 Å². The molecule has 0 heterocycles. The van der Waals surface area contributed by atoms with Gasteiger partial charge in [-0.05, 0) is 60.1 Å². The van der Waals surface area contributed by atoms with Crippen molar-refractivity contribution in [2.45, 2.75) is 37.2 Å². The number of thioether (sulfide) groups is 1. The van der Waals surface area contributed by atoms with Crippen molar-refractivity contribution in [3.8, 4) is 0 Å². The van der Waals surface area contributed by atoms with Gasteiger partial charge < -0.3 is 10.4 Å². The van der Waals surface area contributed by atoms with Crippen molar-refractivity contribution < 1.29 is 9.90 Å². The molecule has 4 heteroatoms. The number of aliphatic hydroxyl groups is 1. The molecule has 0 spiro atoms. The minimum absolute atomic E-state index is 0.0664. The highest BCUT2D eigenvalue weighted by atomic mass is 32.2. The molecular weight excluding hydrogens is 318 g/mol. The summed E-state index contributed by atoms with van der Waals surface area (Å²) in [5.74, 6) is 0.537. The molecule has 24 heavy (non-hydrogen) atoms. The van der Waals surface area contributed by atoms with E-state index in [2.05, 4.69) is 23.5 Å². The zero-order chi connectivity index (χ0) is 16.8. The van der Waals surface area contributed by atoms with E-state index in [4.69, 9.17) is 5.11 Å². The molecule has 0 saturated carbocycles. The van der Waals surface area contributed by atoms with Crippen LogP contribution in [0.4, 0.5) is 0 Å². The molecular formula is C20H23NO2S. The third-order valence-corrected chi connectivity index (χ3v) is 5.38. The number of aryl methyl sites for hydroxylation is 2. The van der Waals surface area contributed by atoms with Gasteiger partial charge in [-0.15, -0.1) is 11.8 Å². The molecule has 0 atom stereocenters. The van der Waals surface area contributed by atoms with Crippen LogP contribution >= 0.6 is 11.8 Å². The third-order valence-electron chi connectivity index (χ3n) is 4.38. The Hall–Kier alpha value is -1.78. The molecule has 2 aromatic rings. The minimum atomic E-state index is 0.0664.